The summed E-state index contributed by atoms with van der Waals surface area (Å²) in [6.45, 7) is 3.49. The molecule has 2 aliphatic rings. The molecule has 0 saturated carbocycles. The highest BCUT2D eigenvalue weighted by molar-refractivity contribution is 5.83. The van der Waals surface area contributed by atoms with Crippen LogP contribution in [0.15, 0.2) is 24.8 Å². The van der Waals surface area contributed by atoms with Crippen LogP contribution in [0.1, 0.15) is 32.1 Å². The number of piperidine rings is 1. The molecule has 0 atom stereocenters. The van der Waals surface area contributed by atoms with Crippen LogP contribution in [-0.2, 0) is 11.3 Å². The number of allylic oxidation sites excluding steroid dienone is 1. The van der Waals surface area contributed by atoms with Crippen molar-refractivity contribution in [2.24, 2.45) is 0 Å². The third kappa shape index (κ3) is 3.26. The number of fused-ring (bicyclic) bond motifs is 1. The van der Waals surface area contributed by atoms with Gasteiger partial charge in [0.25, 0.3) is 0 Å². The molecule has 0 aliphatic carbocycles. The number of hydrogen-bond acceptors (Lipinski definition) is 6. The predicted molar refractivity (Wildman–Crippen MR) is 95.5 cm³/mol. The molecule has 0 radical (unpaired) electrons. The van der Waals surface area contributed by atoms with E-state index in [0.29, 0.717) is 6.54 Å². The molecule has 2 aromatic rings. The molecule has 0 bridgehead atoms. The maximum atomic E-state index is 8.87. The normalized spacial score (nSPS) is 20.8. The molecule has 0 unspecified atom stereocenters. The third-order valence-corrected chi connectivity index (χ3v) is 5.37. The van der Waals surface area contributed by atoms with E-state index < -0.39 is 0 Å². The van der Waals surface area contributed by atoms with Gasteiger partial charge in [-0.15, -0.1) is 0 Å². The topological polar surface area (TPSA) is 76.3 Å². The summed E-state index contributed by atoms with van der Waals surface area (Å²) >= 11 is 0. The molecule has 2 aliphatic heterocycles. The monoisotopic (exact) mass is 343 g/mol. The fraction of sp³-hybridized carbons (Fsp3) is 0.611. The Hall–Kier alpha value is -1.99. The lowest BCUT2D eigenvalue weighted by Crippen LogP contribution is -2.48. The highest BCUT2D eigenvalue weighted by atomic mass is 16.5. The molecule has 25 heavy (non-hydrogen) atoms. The molecule has 0 amide bonds. The van der Waals surface area contributed by atoms with Crippen molar-refractivity contribution < 1.29 is 9.84 Å². The van der Waals surface area contributed by atoms with Gasteiger partial charge < -0.3 is 19.3 Å². The standard InChI is InChI=1S/C18H25N5O2/c24-11-3-2-8-23-14-21-15-16(19-13-20-17(15)23)22-9-6-18(7-10-22)5-1-4-12-25-18/h2-3,13-14,24H,1,4-12H2/b3-2+. The minimum atomic E-state index is 0.0461. The summed E-state index contributed by atoms with van der Waals surface area (Å²) in [6, 6.07) is 0. The lowest BCUT2D eigenvalue weighted by atomic mass is 9.84. The van der Waals surface area contributed by atoms with Crippen molar-refractivity contribution >= 4 is 17.0 Å². The second-order valence-corrected chi connectivity index (χ2v) is 6.90. The van der Waals surface area contributed by atoms with Crippen molar-refractivity contribution in [2.75, 3.05) is 31.2 Å². The summed E-state index contributed by atoms with van der Waals surface area (Å²) in [7, 11) is 0. The Morgan fingerprint density at radius 2 is 2.00 bits per heavy atom. The lowest BCUT2D eigenvalue weighted by molar-refractivity contribution is -0.0920. The van der Waals surface area contributed by atoms with Crippen LogP contribution >= 0.6 is 0 Å². The van der Waals surface area contributed by atoms with E-state index in [0.717, 1.165) is 49.5 Å². The van der Waals surface area contributed by atoms with Gasteiger partial charge in [-0.05, 0) is 32.1 Å². The number of anilines is 1. The minimum Gasteiger partial charge on any atom is -0.392 e. The van der Waals surface area contributed by atoms with Crippen LogP contribution in [0.25, 0.3) is 11.2 Å². The average molecular weight is 343 g/mol. The Bertz CT molecular complexity index is 741. The molecule has 134 valence electrons. The van der Waals surface area contributed by atoms with E-state index in [-0.39, 0.29) is 12.2 Å². The molecule has 4 heterocycles. The molecule has 7 heteroatoms. The Labute approximate surface area is 147 Å². The van der Waals surface area contributed by atoms with Gasteiger partial charge in [0.15, 0.2) is 17.0 Å². The van der Waals surface area contributed by atoms with Crippen molar-refractivity contribution in [3.8, 4) is 0 Å². The van der Waals surface area contributed by atoms with E-state index >= 15 is 0 Å². The van der Waals surface area contributed by atoms with Crippen molar-refractivity contribution in [1.29, 1.82) is 0 Å². The van der Waals surface area contributed by atoms with E-state index in [4.69, 9.17) is 9.84 Å². The van der Waals surface area contributed by atoms with Gasteiger partial charge in [-0.25, -0.2) is 15.0 Å². The Balaban J connectivity index is 1.53. The van der Waals surface area contributed by atoms with Gasteiger partial charge in [-0.3, -0.25) is 0 Å². The van der Waals surface area contributed by atoms with Crippen molar-refractivity contribution in [3.05, 3.63) is 24.8 Å². The molecule has 2 fully saturated rings. The Morgan fingerprint density at radius 3 is 2.76 bits per heavy atom. The van der Waals surface area contributed by atoms with E-state index in [2.05, 4.69) is 19.9 Å². The number of aliphatic hydroxyl groups is 1. The van der Waals surface area contributed by atoms with Gasteiger partial charge in [0.05, 0.1) is 18.5 Å². The molecule has 1 N–H and O–H groups in total. The molecule has 7 nitrogen and oxygen atoms in total. The average Bonchev–Trinajstić information content (AvgIpc) is 3.07. The fourth-order valence-corrected chi connectivity index (χ4v) is 3.93. The summed E-state index contributed by atoms with van der Waals surface area (Å²) < 4.78 is 8.10. The maximum Gasteiger partial charge on any atom is 0.165 e. The van der Waals surface area contributed by atoms with Crippen molar-refractivity contribution in [3.63, 3.8) is 0 Å². The van der Waals surface area contributed by atoms with E-state index in [9.17, 15) is 0 Å². The van der Waals surface area contributed by atoms with Crippen LogP contribution < -0.4 is 4.90 Å². The highest BCUT2D eigenvalue weighted by Gasteiger charge is 2.37. The zero-order valence-corrected chi connectivity index (χ0v) is 14.5. The second-order valence-electron chi connectivity index (χ2n) is 6.90. The van der Waals surface area contributed by atoms with Crippen LogP contribution in [0.3, 0.4) is 0 Å². The summed E-state index contributed by atoms with van der Waals surface area (Å²) in [5, 5.41) is 8.87. The second kappa shape index (κ2) is 7.09. The number of hydrogen-bond donors (Lipinski definition) is 1. The zero-order chi connectivity index (χ0) is 17.1. The number of aliphatic hydroxyl groups excluding tert-OH is 1. The van der Waals surface area contributed by atoms with E-state index in [1.54, 1.807) is 18.7 Å². The highest BCUT2D eigenvalue weighted by Crippen LogP contribution is 2.36. The van der Waals surface area contributed by atoms with Gasteiger partial charge in [-0.2, -0.15) is 0 Å². The number of ether oxygens (including phenoxy) is 1. The smallest absolute Gasteiger partial charge is 0.165 e. The van der Waals surface area contributed by atoms with Gasteiger partial charge in [0.2, 0.25) is 0 Å². The zero-order valence-electron chi connectivity index (χ0n) is 14.5. The largest absolute Gasteiger partial charge is 0.392 e. The van der Waals surface area contributed by atoms with Crippen LogP contribution in [0, 0.1) is 0 Å². The summed E-state index contributed by atoms with van der Waals surface area (Å²) in [6.07, 6.45) is 12.8. The lowest BCUT2D eigenvalue weighted by Gasteiger charge is -2.44. The summed E-state index contributed by atoms with van der Waals surface area (Å²) in [5.74, 6) is 0.917. The van der Waals surface area contributed by atoms with Crippen LogP contribution in [-0.4, -0.2) is 56.5 Å². The molecule has 2 aromatic heterocycles. The number of imidazole rings is 1. The third-order valence-electron chi connectivity index (χ3n) is 5.37. The number of rotatable bonds is 4. The molecule has 0 aromatic carbocycles. The predicted octanol–water partition coefficient (Wildman–Crippen LogP) is 1.91. The van der Waals surface area contributed by atoms with Crippen molar-refractivity contribution in [1.82, 2.24) is 19.5 Å². The van der Waals surface area contributed by atoms with Crippen LogP contribution in [0.2, 0.25) is 0 Å². The first-order valence-corrected chi connectivity index (χ1v) is 9.12. The van der Waals surface area contributed by atoms with Crippen LogP contribution in [0.4, 0.5) is 5.82 Å². The quantitative estimate of drug-likeness (QED) is 0.855. The minimum absolute atomic E-state index is 0.0461. The number of aromatic nitrogens is 4. The van der Waals surface area contributed by atoms with Gasteiger partial charge in [0, 0.05) is 26.2 Å². The van der Waals surface area contributed by atoms with Gasteiger partial charge in [-0.1, -0.05) is 12.2 Å². The van der Waals surface area contributed by atoms with Gasteiger partial charge in [0.1, 0.15) is 6.33 Å². The van der Waals surface area contributed by atoms with Crippen LogP contribution in [0.5, 0.6) is 0 Å². The van der Waals surface area contributed by atoms with E-state index in [1.807, 2.05) is 10.6 Å². The molecule has 4 rings (SSSR count). The fourth-order valence-electron chi connectivity index (χ4n) is 3.93. The SMILES string of the molecule is OC/C=C/Cn1cnc2c(N3CCC4(CCCCO4)CC3)ncnc21. The summed E-state index contributed by atoms with van der Waals surface area (Å²) in [5.41, 5.74) is 1.78. The Kier molecular flexibility index (Phi) is 4.67. The first-order chi connectivity index (χ1) is 12.3. The molecule has 2 saturated heterocycles. The number of nitrogens with zero attached hydrogens (tertiary/aromatic N) is 5. The van der Waals surface area contributed by atoms with Gasteiger partial charge >= 0.3 is 0 Å². The molecule has 1 spiro atoms. The van der Waals surface area contributed by atoms with Crippen molar-refractivity contribution in [2.45, 2.75) is 44.2 Å². The maximum absolute atomic E-state index is 8.87. The first kappa shape index (κ1) is 16.5. The molecular formula is C18H25N5O2. The Morgan fingerprint density at radius 1 is 1.12 bits per heavy atom. The first-order valence-electron chi connectivity index (χ1n) is 9.12. The molecular weight excluding hydrogens is 318 g/mol. The summed E-state index contributed by atoms with van der Waals surface area (Å²) in [4.78, 5) is 15.8. The van der Waals surface area contributed by atoms with E-state index in [1.165, 1.54) is 19.3 Å².